The summed E-state index contributed by atoms with van der Waals surface area (Å²) in [5.74, 6) is 1.22. The van der Waals surface area contributed by atoms with Crippen LogP contribution in [0.5, 0.6) is 5.75 Å². The number of ether oxygens (including phenoxy) is 2. The van der Waals surface area contributed by atoms with Crippen molar-refractivity contribution in [1.82, 2.24) is 19.3 Å². The third kappa shape index (κ3) is 7.05. The summed E-state index contributed by atoms with van der Waals surface area (Å²) in [7, 11) is -2.37. The Morgan fingerprint density at radius 1 is 1.02 bits per heavy atom. The minimum Gasteiger partial charge on any atom is -0.497 e. The van der Waals surface area contributed by atoms with Gasteiger partial charge in [-0.15, -0.1) is 0 Å². The number of hydrogen-bond donors (Lipinski definition) is 1. The van der Waals surface area contributed by atoms with Crippen LogP contribution in [0.25, 0.3) is 11.0 Å². The molecule has 0 amide bonds. The van der Waals surface area contributed by atoms with Crippen LogP contribution in [0, 0.1) is 12.8 Å². The summed E-state index contributed by atoms with van der Waals surface area (Å²) in [5, 5.41) is 0. The summed E-state index contributed by atoms with van der Waals surface area (Å²) < 4.78 is 40.3. The predicted octanol–water partition coefficient (Wildman–Crippen LogP) is 5.03. The van der Waals surface area contributed by atoms with Crippen LogP contribution in [-0.4, -0.2) is 53.4 Å². The Bertz CT molecular complexity index is 1550. The van der Waals surface area contributed by atoms with Crippen LogP contribution < -0.4 is 4.74 Å². The third-order valence-electron chi connectivity index (χ3n) is 6.62. The van der Waals surface area contributed by atoms with Gasteiger partial charge in [0, 0.05) is 26.1 Å². The Hall–Kier alpha value is -3.76. The van der Waals surface area contributed by atoms with E-state index in [2.05, 4.69) is 15.0 Å². The largest absolute Gasteiger partial charge is 0.497 e. The summed E-state index contributed by atoms with van der Waals surface area (Å²) in [5.41, 5.74) is 4.26. The molecule has 1 N–H and O–H groups in total. The first-order valence-corrected chi connectivity index (χ1v) is 14.7. The maximum Gasteiger partial charge on any atom is 0.302 e. The average molecular weight is 565 g/mol. The van der Waals surface area contributed by atoms with Gasteiger partial charge in [-0.25, -0.2) is 13.4 Å². The van der Waals surface area contributed by atoms with Gasteiger partial charge in [0.2, 0.25) is 10.0 Å². The molecule has 0 aliphatic carbocycles. The highest BCUT2D eigenvalue weighted by Gasteiger charge is 2.33. The smallest absolute Gasteiger partial charge is 0.302 e. The zero-order valence-corrected chi connectivity index (χ0v) is 24.4. The molecule has 0 aliphatic heterocycles. The number of H-pyrrole nitrogens is 1. The third-order valence-corrected chi connectivity index (χ3v) is 8.54. The Balaban J connectivity index is 1.65. The number of carbonyl (C=O) groups excluding carboxylic acids is 1. The van der Waals surface area contributed by atoms with E-state index in [4.69, 9.17) is 9.47 Å². The number of benzene rings is 2. The number of methoxy groups -OCH3 is 1. The second-order valence-corrected chi connectivity index (χ2v) is 12.2. The molecule has 40 heavy (non-hydrogen) atoms. The van der Waals surface area contributed by atoms with Crippen molar-refractivity contribution in [3.63, 3.8) is 0 Å². The molecule has 0 aliphatic rings. The Morgan fingerprint density at radius 3 is 2.33 bits per heavy atom. The van der Waals surface area contributed by atoms with Crippen LogP contribution >= 0.6 is 0 Å². The molecule has 4 rings (SSSR count). The standard InChI is InChI=1S/C30H36N4O5S/c1-20(2)16-25(19-39-22(4)35)34(18-24-6-10-26(38-5)11-7-24)40(36,37)27-12-8-23(9-13-27)17-29-30-28(14-15-31-29)32-21(3)33-30/h6-15,20,25H,16-19H2,1-5H3,(H,32,33)/t25-/m0/s1. The summed E-state index contributed by atoms with van der Waals surface area (Å²) >= 11 is 0. The molecule has 212 valence electrons. The minimum atomic E-state index is -3.95. The number of aryl methyl sites for hydroxylation is 1. The van der Waals surface area contributed by atoms with Gasteiger partial charge in [-0.3, -0.25) is 9.78 Å². The zero-order valence-electron chi connectivity index (χ0n) is 23.5. The van der Waals surface area contributed by atoms with Crippen molar-refractivity contribution in [3.8, 4) is 5.75 Å². The first kappa shape index (κ1) is 29.2. The normalized spacial score (nSPS) is 12.7. The van der Waals surface area contributed by atoms with Crippen molar-refractivity contribution in [2.45, 2.75) is 58.0 Å². The molecule has 2 aromatic carbocycles. The van der Waals surface area contributed by atoms with Crippen molar-refractivity contribution in [2.24, 2.45) is 5.92 Å². The molecule has 0 saturated heterocycles. The lowest BCUT2D eigenvalue weighted by molar-refractivity contribution is -0.142. The van der Waals surface area contributed by atoms with Gasteiger partial charge in [-0.2, -0.15) is 4.31 Å². The van der Waals surface area contributed by atoms with Crippen molar-refractivity contribution in [2.75, 3.05) is 13.7 Å². The highest BCUT2D eigenvalue weighted by atomic mass is 32.2. The summed E-state index contributed by atoms with van der Waals surface area (Å²) in [4.78, 5) is 24.1. The maximum atomic E-state index is 14.1. The summed E-state index contributed by atoms with van der Waals surface area (Å²) in [6.07, 6.45) is 2.78. The molecule has 9 nitrogen and oxygen atoms in total. The van der Waals surface area contributed by atoms with E-state index in [0.717, 1.165) is 33.7 Å². The summed E-state index contributed by atoms with van der Waals surface area (Å²) in [6.45, 7) is 7.35. The predicted molar refractivity (Wildman–Crippen MR) is 153 cm³/mol. The van der Waals surface area contributed by atoms with Gasteiger partial charge in [0.1, 0.15) is 23.7 Å². The topological polar surface area (TPSA) is 114 Å². The van der Waals surface area contributed by atoms with Crippen LogP contribution in [0.2, 0.25) is 0 Å². The van der Waals surface area contributed by atoms with Crippen LogP contribution in [-0.2, 0) is 32.5 Å². The van der Waals surface area contributed by atoms with Gasteiger partial charge in [-0.1, -0.05) is 38.1 Å². The SMILES string of the molecule is COc1ccc(CN([C@H](COC(C)=O)CC(C)C)S(=O)(=O)c2ccc(Cc3nccc4[nH]c(C)nc34)cc2)cc1. The van der Waals surface area contributed by atoms with Crippen molar-refractivity contribution < 1.29 is 22.7 Å². The molecule has 0 bridgehead atoms. The molecule has 2 aromatic heterocycles. The number of imidazole rings is 1. The molecule has 0 radical (unpaired) electrons. The number of sulfonamides is 1. The molecule has 0 fully saturated rings. The first-order chi connectivity index (χ1) is 19.1. The van der Waals surface area contributed by atoms with E-state index >= 15 is 0 Å². The van der Waals surface area contributed by atoms with Crippen LogP contribution in [0.4, 0.5) is 0 Å². The maximum absolute atomic E-state index is 14.1. The number of carbonyl (C=O) groups is 1. The van der Waals surface area contributed by atoms with E-state index in [9.17, 15) is 13.2 Å². The van der Waals surface area contributed by atoms with Gasteiger partial charge in [-0.05, 0) is 60.7 Å². The monoisotopic (exact) mass is 564 g/mol. The van der Waals surface area contributed by atoms with Gasteiger partial charge < -0.3 is 14.5 Å². The average Bonchev–Trinajstić information content (AvgIpc) is 3.31. The lowest BCUT2D eigenvalue weighted by Crippen LogP contribution is -2.43. The quantitative estimate of drug-likeness (QED) is 0.240. The van der Waals surface area contributed by atoms with Crippen molar-refractivity contribution in [3.05, 3.63) is 83.4 Å². The number of hydrogen-bond acceptors (Lipinski definition) is 7. The second kappa shape index (κ2) is 12.6. The Kier molecular flexibility index (Phi) is 9.21. The van der Waals surface area contributed by atoms with Gasteiger partial charge in [0.05, 0.1) is 29.3 Å². The summed E-state index contributed by atoms with van der Waals surface area (Å²) in [6, 6.07) is 15.5. The van der Waals surface area contributed by atoms with E-state index < -0.39 is 22.0 Å². The van der Waals surface area contributed by atoms with Crippen LogP contribution in [0.3, 0.4) is 0 Å². The fraction of sp³-hybridized carbons (Fsp3) is 0.367. The second-order valence-electron chi connectivity index (χ2n) is 10.3. The highest BCUT2D eigenvalue weighted by molar-refractivity contribution is 7.89. The number of esters is 1. The number of fused-ring (bicyclic) bond motifs is 1. The van der Waals surface area contributed by atoms with Crippen LogP contribution in [0.1, 0.15) is 49.8 Å². The van der Waals surface area contributed by atoms with Gasteiger partial charge in [0.15, 0.2) is 0 Å². The number of aromatic amines is 1. The molecular weight excluding hydrogens is 528 g/mol. The lowest BCUT2D eigenvalue weighted by atomic mass is 10.0. The fourth-order valence-corrected chi connectivity index (χ4v) is 6.31. The van der Waals surface area contributed by atoms with Crippen LogP contribution in [0.15, 0.2) is 65.7 Å². The lowest BCUT2D eigenvalue weighted by Gasteiger charge is -2.32. The van der Waals surface area contributed by atoms with E-state index in [1.165, 1.54) is 11.2 Å². The number of nitrogens with zero attached hydrogens (tertiary/aromatic N) is 3. The van der Waals surface area contributed by atoms with Gasteiger partial charge in [0.25, 0.3) is 0 Å². The first-order valence-electron chi connectivity index (χ1n) is 13.2. The Labute approximate surface area is 235 Å². The number of nitrogens with one attached hydrogen (secondary N) is 1. The highest BCUT2D eigenvalue weighted by Crippen LogP contribution is 2.27. The molecular formula is C30H36N4O5S. The van der Waals surface area contributed by atoms with Crippen molar-refractivity contribution >= 4 is 27.0 Å². The van der Waals surface area contributed by atoms with Gasteiger partial charge >= 0.3 is 5.97 Å². The molecule has 1 atom stereocenters. The zero-order chi connectivity index (χ0) is 28.9. The minimum absolute atomic E-state index is 0.0280. The van der Waals surface area contributed by atoms with E-state index in [1.54, 1.807) is 37.6 Å². The fourth-order valence-electron chi connectivity index (χ4n) is 4.70. The van der Waals surface area contributed by atoms with E-state index in [-0.39, 0.29) is 24.0 Å². The number of pyridine rings is 1. The molecule has 4 aromatic rings. The Morgan fingerprint density at radius 2 is 1.70 bits per heavy atom. The molecule has 0 unspecified atom stereocenters. The van der Waals surface area contributed by atoms with E-state index in [1.807, 2.05) is 51.1 Å². The van der Waals surface area contributed by atoms with E-state index in [0.29, 0.717) is 18.6 Å². The number of rotatable bonds is 12. The molecule has 10 heteroatoms. The van der Waals surface area contributed by atoms with Crippen molar-refractivity contribution in [1.29, 1.82) is 0 Å². The number of aromatic nitrogens is 3. The molecule has 2 heterocycles. The molecule has 0 saturated carbocycles. The molecule has 0 spiro atoms.